The van der Waals surface area contributed by atoms with Gasteiger partial charge in [0.15, 0.2) is 5.65 Å². The molecule has 7 heteroatoms. The summed E-state index contributed by atoms with van der Waals surface area (Å²) in [5.74, 6) is 1.88. The van der Waals surface area contributed by atoms with E-state index in [1.54, 1.807) is 10.8 Å². The van der Waals surface area contributed by atoms with E-state index in [2.05, 4.69) is 25.1 Å². The van der Waals surface area contributed by atoms with Crippen LogP contribution in [0.2, 0.25) is 0 Å². The standard InChI is InChI=1S/C17H24N6O/c24-17(12-14-4-1-2-5-14)22-9-3-8-21(10-11-22)16-7-6-15-19-18-13-23(15)20-16/h6-7,13-14H,1-5,8-12H2. The molecule has 4 rings (SSSR count). The molecule has 0 bridgehead atoms. The largest absolute Gasteiger partial charge is 0.353 e. The number of carbonyl (C=O) groups excluding carboxylic acids is 1. The van der Waals surface area contributed by atoms with Crippen molar-refractivity contribution < 1.29 is 4.79 Å². The fourth-order valence-corrected chi connectivity index (χ4v) is 3.87. The number of nitrogens with zero attached hydrogens (tertiary/aromatic N) is 6. The fourth-order valence-electron chi connectivity index (χ4n) is 3.87. The summed E-state index contributed by atoms with van der Waals surface area (Å²) < 4.78 is 1.70. The summed E-state index contributed by atoms with van der Waals surface area (Å²) in [5.41, 5.74) is 0.752. The number of rotatable bonds is 3. The minimum Gasteiger partial charge on any atom is -0.353 e. The Balaban J connectivity index is 1.39. The van der Waals surface area contributed by atoms with Crippen molar-refractivity contribution >= 4 is 17.4 Å². The maximum atomic E-state index is 12.6. The van der Waals surface area contributed by atoms with Gasteiger partial charge < -0.3 is 9.80 Å². The molecule has 0 unspecified atom stereocenters. The van der Waals surface area contributed by atoms with Gasteiger partial charge in [-0.1, -0.05) is 12.8 Å². The smallest absolute Gasteiger partial charge is 0.222 e. The van der Waals surface area contributed by atoms with Crippen molar-refractivity contribution in [2.75, 3.05) is 31.1 Å². The average molecular weight is 328 g/mol. The van der Waals surface area contributed by atoms with Crippen LogP contribution >= 0.6 is 0 Å². The zero-order valence-electron chi connectivity index (χ0n) is 14.0. The second kappa shape index (κ2) is 6.75. The Labute approximate surface area is 141 Å². The van der Waals surface area contributed by atoms with Crippen LogP contribution in [0.15, 0.2) is 18.5 Å². The molecule has 0 aromatic carbocycles. The second-order valence-corrected chi connectivity index (χ2v) is 6.90. The topological polar surface area (TPSA) is 66.6 Å². The van der Waals surface area contributed by atoms with E-state index in [1.807, 2.05) is 12.1 Å². The maximum absolute atomic E-state index is 12.6. The summed E-state index contributed by atoms with van der Waals surface area (Å²) in [6.45, 7) is 3.40. The van der Waals surface area contributed by atoms with Crippen molar-refractivity contribution in [1.29, 1.82) is 0 Å². The highest BCUT2D eigenvalue weighted by Crippen LogP contribution is 2.28. The van der Waals surface area contributed by atoms with E-state index in [0.29, 0.717) is 11.8 Å². The molecule has 0 atom stereocenters. The van der Waals surface area contributed by atoms with Crippen LogP contribution in [-0.4, -0.2) is 56.8 Å². The summed E-state index contributed by atoms with van der Waals surface area (Å²) >= 11 is 0. The lowest BCUT2D eigenvalue weighted by molar-refractivity contribution is -0.131. The molecule has 128 valence electrons. The Morgan fingerprint density at radius 2 is 1.96 bits per heavy atom. The molecule has 24 heavy (non-hydrogen) atoms. The number of amides is 1. The highest BCUT2D eigenvalue weighted by atomic mass is 16.2. The minimum atomic E-state index is 0.339. The van der Waals surface area contributed by atoms with E-state index in [4.69, 9.17) is 0 Å². The summed E-state index contributed by atoms with van der Waals surface area (Å²) in [6, 6.07) is 3.92. The van der Waals surface area contributed by atoms with Crippen LogP contribution in [0.25, 0.3) is 5.65 Å². The zero-order valence-corrected chi connectivity index (χ0v) is 14.0. The minimum absolute atomic E-state index is 0.339. The van der Waals surface area contributed by atoms with Crippen molar-refractivity contribution in [3.05, 3.63) is 18.5 Å². The lowest BCUT2D eigenvalue weighted by Crippen LogP contribution is -2.36. The van der Waals surface area contributed by atoms with Crippen LogP contribution in [0.5, 0.6) is 0 Å². The molecule has 0 radical (unpaired) electrons. The molecule has 2 aliphatic rings. The van der Waals surface area contributed by atoms with E-state index >= 15 is 0 Å². The van der Waals surface area contributed by atoms with E-state index in [-0.39, 0.29) is 0 Å². The summed E-state index contributed by atoms with van der Waals surface area (Å²) in [5, 5.41) is 12.4. The van der Waals surface area contributed by atoms with Crippen LogP contribution in [0.1, 0.15) is 38.5 Å². The number of carbonyl (C=O) groups is 1. The van der Waals surface area contributed by atoms with Gasteiger partial charge in [0.1, 0.15) is 12.1 Å². The Hall–Kier alpha value is -2.18. The highest BCUT2D eigenvalue weighted by Gasteiger charge is 2.24. The normalized spacial score (nSPS) is 19.8. The summed E-state index contributed by atoms with van der Waals surface area (Å²) in [6.07, 6.45) is 8.40. The SMILES string of the molecule is O=C(CC1CCCC1)N1CCCN(c2ccc3nncn3n2)CC1. The number of hydrogen-bond acceptors (Lipinski definition) is 5. The monoisotopic (exact) mass is 328 g/mol. The van der Waals surface area contributed by atoms with Crippen molar-refractivity contribution in [1.82, 2.24) is 24.7 Å². The molecule has 0 spiro atoms. The van der Waals surface area contributed by atoms with Gasteiger partial charge in [0.05, 0.1) is 0 Å². The first-order chi connectivity index (χ1) is 11.8. The zero-order chi connectivity index (χ0) is 16.4. The summed E-state index contributed by atoms with van der Waals surface area (Å²) in [4.78, 5) is 16.9. The third-order valence-corrected chi connectivity index (χ3v) is 5.26. The lowest BCUT2D eigenvalue weighted by Gasteiger charge is -2.23. The lowest BCUT2D eigenvalue weighted by atomic mass is 10.0. The molecule has 1 amide bonds. The van der Waals surface area contributed by atoms with Gasteiger partial charge in [-0.25, -0.2) is 0 Å². The predicted octanol–water partition coefficient (Wildman–Crippen LogP) is 1.74. The molecule has 1 saturated carbocycles. The first-order valence-electron chi connectivity index (χ1n) is 8.99. The van der Waals surface area contributed by atoms with Gasteiger partial charge in [-0.3, -0.25) is 4.79 Å². The van der Waals surface area contributed by atoms with Crippen LogP contribution in [0, 0.1) is 5.92 Å². The van der Waals surface area contributed by atoms with Crippen molar-refractivity contribution in [2.45, 2.75) is 38.5 Å². The van der Waals surface area contributed by atoms with Gasteiger partial charge >= 0.3 is 0 Å². The molecular formula is C17H24N6O. The van der Waals surface area contributed by atoms with E-state index in [1.165, 1.54) is 25.7 Å². The molecule has 1 aliphatic heterocycles. The molecule has 0 N–H and O–H groups in total. The van der Waals surface area contributed by atoms with E-state index in [9.17, 15) is 4.79 Å². The first kappa shape index (κ1) is 15.4. The molecule has 2 fully saturated rings. The maximum Gasteiger partial charge on any atom is 0.222 e. The Morgan fingerprint density at radius 3 is 2.83 bits per heavy atom. The number of aromatic nitrogens is 4. The third-order valence-electron chi connectivity index (χ3n) is 5.26. The molecule has 2 aromatic heterocycles. The van der Waals surface area contributed by atoms with Gasteiger partial charge in [0.2, 0.25) is 5.91 Å². The first-order valence-corrected chi connectivity index (χ1v) is 8.99. The number of anilines is 1. The van der Waals surface area contributed by atoms with E-state index < -0.39 is 0 Å². The van der Waals surface area contributed by atoms with E-state index in [0.717, 1.165) is 50.5 Å². The highest BCUT2D eigenvalue weighted by molar-refractivity contribution is 5.76. The molecular weight excluding hydrogens is 304 g/mol. The Morgan fingerprint density at radius 1 is 1.08 bits per heavy atom. The third kappa shape index (κ3) is 3.20. The van der Waals surface area contributed by atoms with Crippen molar-refractivity contribution in [3.63, 3.8) is 0 Å². The molecule has 2 aromatic rings. The van der Waals surface area contributed by atoms with Gasteiger partial charge in [-0.2, -0.15) is 4.52 Å². The van der Waals surface area contributed by atoms with Crippen LogP contribution in [0.4, 0.5) is 5.82 Å². The van der Waals surface area contributed by atoms with Crippen molar-refractivity contribution in [2.24, 2.45) is 5.92 Å². The second-order valence-electron chi connectivity index (χ2n) is 6.90. The quantitative estimate of drug-likeness (QED) is 0.859. The van der Waals surface area contributed by atoms with Crippen molar-refractivity contribution in [3.8, 4) is 0 Å². The van der Waals surface area contributed by atoms with Gasteiger partial charge in [-0.15, -0.1) is 15.3 Å². The van der Waals surface area contributed by atoms with Gasteiger partial charge in [0, 0.05) is 32.6 Å². The molecule has 1 aliphatic carbocycles. The Kier molecular flexibility index (Phi) is 4.32. The van der Waals surface area contributed by atoms with Crippen LogP contribution in [0.3, 0.4) is 0 Å². The van der Waals surface area contributed by atoms with Gasteiger partial charge in [-0.05, 0) is 37.3 Å². The number of hydrogen-bond donors (Lipinski definition) is 0. The number of fused-ring (bicyclic) bond motifs is 1. The molecule has 3 heterocycles. The van der Waals surface area contributed by atoms with Crippen LogP contribution in [-0.2, 0) is 4.79 Å². The molecule has 7 nitrogen and oxygen atoms in total. The average Bonchev–Trinajstić information content (AvgIpc) is 3.20. The molecule has 1 saturated heterocycles. The Bertz CT molecular complexity index is 708. The van der Waals surface area contributed by atoms with Gasteiger partial charge in [0.25, 0.3) is 0 Å². The fraction of sp³-hybridized carbons (Fsp3) is 0.647. The van der Waals surface area contributed by atoms with Crippen LogP contribution < -0.4 is 4.90 Å². The summed E-state index contributed by atoms with van der Waals surface area (Å²) in [7, 11) is 0. The predicted molar refractivity (Wildman–Crippen MR) is 90.8 cm³/mol.